The van der Waals surface area contributed by atoms with E-state index in [-0.39, 0.29) is 29.5 Å². The van der Waals surface area contributed by atoms with Crippen molar-refractivity contribution in [3.05, 3.63) is 53.9 Å². The summed E-state index contributed by atoms with van der Waals surface area (Å²) in [5.41, 5.74) is 7.86. The lowest BCUT2D eigenvalue weighted by molar-refractivity contribution is 0.0923. The van der Waals surface area contributed by atoms with Crippen molar-refractivity contribution < 1.29 is 9.59 Å². The van der Waals surface area contributed by atoms with E-state index in [9.17, 15) is 9.59 Å². The molecule has 1 aliphatic heterocycles. The summed E-state index contributed by atoms with van der Waals surface area (Å²) in [7, 11) is 1.80. The number of rotatable bonds is 7. The fourth-order valence-corrected chi connectivity index (χ4v) is 4.48. The van der Waals surface area contributed by atoms with Gasteiger partial charge in [-0.2, -0.15) is 5.10 Å². The molecule has 1 saturated carbocycles. The molecule has 1 saturated heterocycles. The third-order valence-electron chi connectivity index (χ3n) is 6.60. The second kappa shape index (κ2) is 9.32. The fraction of sp³-hybridized carbons (Fsp3) is 0.417. The van der Waals surface area contributed by atoms with Crippen LogP contribution in [-0.4, -0.2) is 55.2 Å². The average Bonchev–Trinajstić information content (AvgIpc) is 3.62. The Bertz CT molecular complexity index is 1240. The molecular weight excluding hydrogens is 446 g/mol. The van der Waals surface area contributed by atoms with E-state index in [0.717, 1.165) is 25.1 Å². The smallest absolute Gasteiger partial charge is 0.271 e. The van der Waals surface area contributed by atoms with E-state index in [0.29, 0.717) is 23.0 Å². The lowest BCUT2D eigenvalue weighted by Crippen LogP contribution is -2.54. The highest BCUT2D eigenvalue weighted by Crippen LogP contribution is 2.38. The number of anilines is 3. The summed E-state index contributed by atoms with van der Waals surface area (Å²) in [5.74, 6) is 0.617. The Labute approximate surface area is 203 Å². The molecule has 182 valence electrons. The van der Waals surface area contributed by atoms with Crippen molar-refractivity contribution in [2.24, 2.45) is 12.8 Å². The molecule has 5 rings (SSSR count). The summed E-state index contributed by atoms with van der Waals surface area (Å²) in [6.07, 6.45) is 10.7. The molecule has 3 aromatic rings. The number of hydrogen-bond donors (Lipinski definition) is 3. The zero-order valence-corrected chi connectivity index (χ0v) is 19.8. The molecule has 2 aliphatic rings. The predicted molar refractivity (Wildman–Crippen MR) is 131 cm³/mol. The topological polar surface area (TPSA) is 144 Å². The molecule has 11 heteroatoms. The van der Waals surface area contributed by atoms with Gasteiger partial charge in [-0.15, -0.1) is 0 Å². The molecule has 0 aromatic carbocycles. The van der Waals surface area contributed by atoms with Gasteiger partial charge in [0.2, 0.25) is 0 Å². The minimum absolute atomic E-state index is 0.0358. The lowest BCUT2D eigenvalue weighted by atomic mass is 9.97. The molecule has 0 unspecified atom stereocenters. The number of nitrogens with one attached hydrogen (secondary N) is 2. The minimum atomic E-state index is -0.673. The third-order valence-corrected chi connectivity index (χ3v) is 6.60. The number of carbonyl (C=O) groups excluding carboxylic acids is 2. The van der Waals surface area contributed by atoms with E-state index in [1.807, 2.05) is 12.1 Å². The van der Waals surface area contributed by atoms with Gasteiger partial charge in [-0.05, 0) is 44.7 Å². The number of aryl methyl sites for hydroxylation is 1. The van der Waals surface area contributed by atoms with Crippen LogP contribution in [0.4, 0.5) is 17.3 Å². The number of nitrogens with zero attached hydrogens (tertiary/aromatic N) is 6. The van der Waals surface area contributed by atoms with Crippen LogP contribution in [0, 0.1) is 0 Å². The van der Waals surface area contributed by atoms with Gasteiger partial charge in [-0.25, -0.2) is 9.97 Å². The molecule has 11 nitrogen and oxygen atoms in total. The van der Waals surface area contributed by atoms with E-state index in [1.54, 1.807) is 36.5 Å². The van der Waals surface area contributed by atoms with Crippen LogP contribution < -0.4 is 21.3 Å². The molecule has 2 amide bonds. The second-order valence-electron chi connectivity index (χ2n) is 9.22. The molecule has 0 spiro atoms. The maximum atomic E-state index is 12.9. The largest absolute Gasteiger partial charge is 0.364 e. The highest BCUT2D eigenvalue weighted by Gasteiger charge is 2.31. The molecule has 1 aliphatic carbocycles. The van der Waals surface area contributed by atoms with Crippen molar-refractivity contribution in [1.82, 2.24) is 30.0 Å². The van der Waals surface area contributed by atoms with Crippen LogP contribution in [0.5, 0.6) is 0 Å². The van der Waals surface area contributed by atoms with Gasteiger partial charge in [-0.3, -0.25) is 19.3 Å². The Hall–Kier alpha value is -4.02. The molecular formula is C24H29N9O2. The zero-order valence-electron chi connectivity index (χ0n) is 19.8. The van der Waals surface area contributed by atoms with Gasteiger partial charge >= 0.3 is 0 Å². The molecule has 3 aromatic heterocycles. The quantitative estimate of drug-likeness (QED) is 0.471. The Balaban J connectivity index is 1.32. The molecule has 2 fully saturated rings. The first-order valence-corrected chi connectivity index (χ1v) is 11.8. The molecule has 4 heterocycles. The number of piperidine rings is 1. The number of hydrogen-bond acceptors (Lipinski definition) is 8. The summed E-state index contributed by atoms with van der Waals surface area (Å²) in [5, 5.41) is 10.4. The Morgan fingerprint density at radius 2 is 1.94 bits per heavy atom. The number of nitrogens with two attached hydrogens (primary N) is 1. The van der Waals surface area contributed by atoms with Gasteiger partial charge in [0, 0.05) is 49.7 Å². The Morgan fingerprint density at radius 1 is 1.11 bits per heavy atom. The van der Waals surface area contributed by atoms with E-state index >= 15 is 0 Å². The van der Waals surface area contributed by atoms with E-state index in [4.69, 9.17) is 5.73 Å². The van der Waals surface area contributed by atoms with Crippen molar-refractivity contribution in [3.8, 4) is 0 Å². The Kier molecular flexibility index (Phi) is 6.06. The van der Waals surface area contributed by atoms with Gasteiger partial charge < -0.3 is 21.3 Å². The second-order valence-corrected chi connectivity index (χ2v) is 9.22. The number of pyridine rings is 1. The summed E-state index contributed by atoms with van der Waals surface area (Å²) >= 11 is 0. The maximum absolute atomic E-state index is 12.9. The van der Waals surface area contributed by atoms with Crippen LogP contribution in [0.3, 0.4) is 0 Å². The van der Waals surface area contributed by atoms with Crippen molar-refractivity contribution in [3.63, 3.8) is 0 Å². The van der Waals surface area contributed by atoms with Crippen molar-refractivity contribution in [2.75, 3.05) is 16.8 Å². The number of amides is 2. The standard InChI is InChI=1S/C24H29N9O2/c1-14-18(30-24(35)16-7-8-19(26-10-16)15-5-6-15)4-3-9-33(14)20-12-27-21(22(25)34)23(31-20)29-17-11-28-32(2)13-17/h7-8,10-15,18H,3-6,9H2,1-2H3,(H2,25,34)(H,29,31)(H,30,35)/t14-,18-/m1/s1. The van der Waals surface area contributed by atoms with Crippen molar-refractivity contribution in [2.45, 2.75) is 50.6 Å². The SMILES string of the molecule is C[C@@H]1[C@H](NC(=O)c2ccc(C3CC3)nc2)CCCN1c1cnc(C(N)=O)c(Nc2cnn(C)c2)n1. The summed E-state index contributed by atoms with van der Waals surface area (Å²) in [4.78, 5) is 40.4. The monoisotopic (exact) mass is 475 g/mol. The molecule has 0 bridgehead atoms. The normalized spacial score (nSPS) is 19.9. The van der Waals surface area contributed by atoms with Gasteiger partial charge in [0.15, 0.2) is 11.5 Å². The van der Waals surface area contributed by atoms with E-state index < -0.39 is 5.91 Å². The first-order chi connectivity index (χ1) is 16.9. The van der Waals surface area contributed by atoms with Crippen molar-refractivity contribution in [1.29, 1.82) is 0 Å². The third kappa shape index (κ3) is 4.93. The molecule has 35 heavy (non-hydrogen) atoms. The maximum Gasteiger partial charge on any atom is 0.271 e. The van der Waals surface area contributed by atoms with Gasteiger partial charge in [0.05, 0.1) is 23.6 Å². The Morgan fingerprint density at radius 3 is 2.60 bits per heavy atom. The van der Waals surface area contributed by atoms with Gasteiger partial charge in [0.25, 0.3) is 11.8 Å². The van der Waals surface area contributed by atoms with Crippen LogP contribution in [0.25, 0.3) is 0 Å². The summed E-state index contributed by atoms with van der Waals surface area (Å²) in [6, 6.07) is 3.69. The first-order valence-electron chi connectivity index (χ1n) is 11.8. The first kappa shape index (κ1) is 22.8. The van der Waals surface area contributed by atoms with Crippen molar-refractivity contribution >= 4 is 29.1 Å². The lowest BCUT2D eigenvalue weighted by Gasteiger charge is -2.40. The van der Waals surface area contributed by atoms with Gasteiger partial charge in [0.1, 0.15) is 5.82 Å². The number of carbonyl (C=O) groups is 2. The van der Waals surface area contributed by atoms with Crippen LogP contribution in [-0.2, 0) is 7.05 Å². The summed E-state index contributed by atoms with van der Waals surface area (Å²) in [6.45, 7) is 2.80. The van der Waals surface area contributed by atoms with E-state index in [1.165, 1.54) is 12.8 Å². The average molecular weight is 476 g/mol. The molecule has 4 N–H and O–H groups in total. The molecule has 0 radical (unpaired) electrons. The van der Waals surface area contributed by atoms with Crippen LogP contribution in [0.15, 0.2) is 36.9 Å². The van der Waals surface area contributed by atoms with Crippen LogP contribution in [0.1, 0.15) is 65.1 Å². The predicted octanol–water partition coefficient (Wildman–Crippen LogP) is 2.11. The summed E-state index contributed by atoms with van der Waals surface area (Å²) < 4.78 is 1.64. The number of aromatic nitrogens is 5. The highest BCUT2D eigenvalue weighted by molar-refractivity contribution is 5.96. The van der Waals surface area contributed by atoms with Gasteiger partial charge in [-0.1, -0.05) is 0 Å². The fourth-order valence-electron chi connectivity index (χ4n) is 4.48. The minimum Gasteiger partial charge on any atom is -0.364 e. The van der Waals surface area contributed by atoms with E-state index in [2.05, 4.69) is 42.5 Å². The van der Waals surface area contributed by atoms with Crippen LogP contribution in [0.2, 0.25) is 0 Å². The number of primary amides is 1. The zero-order chi connectivity index (χ0) is 24.5. The van der Waals surface area contributed by atoms with Crippen LogP contribution >= 0.6 is 0 Å². The molecule has 2 atom stereocenters. The highest BCUT2D eigenvalue weighted by atomic mass is 16.2.